The van der Waals surface area contributed by atoms with Crippen LogP contribution in [0.15, 0.2) is 48.3 Å². The molecule has 0 atom stereocenters. The topological polar surface area (TPSA) is 60.7 Å². The van der Waals surface area contributed by atoms with E-state index in [9.17, 15) is 15.2 Å². The fraction of sp³-hybridized carbons (Fsp3) is 0. The van der Waals surface area contributed by atoms with Crippen molar-refractivity contribution in [2.75, 3.05) is 0 Å². The Hall–Kier alpha value is -1.78. The Morgan fingerprint density at radius 1 is 0.938 bits per heavy atom. The Kier molecular flexibility index (Phi) is 1.26. The Balaban J connectivity index is 3.05. The predicted octanol–water partition coefficient (Wildman–Crippen LogP) is 0.739. The molecule has 0 amide bonds. The average Bonchev–Trinajstić information content (AvgIpc) is 2.52. The highest BCUT2D eigenvalue weighted by atomic mass is 16.4. The van der Waals surface area contributed by atoms with E-state index in [-0.39, 0.29) is 0 Å². The van der Waals surface area contributed by atoms with Gasteiger partial charge in [-0.15, -0.1) is 0 Å². The number of phenols is 1. The molecular formula is C12H11BO3. The molecule has 0 saturated carbocycles. The molecule has 0 spiro atoms. The lowest BCUT2D eigenvalue weighted by atomic mass is 9.78. The van der Waals surface area contributed by atoms with Gasteiger partial charge in [0.25, 0.3) is 0 Å². The van der Waals surface area contributed by atoms with Crippen LogP contribution in [-0.4, -0.2) is 22.3 Å². The Bertz CT molecular complexity index is 826. The van der Waals surface area contributed by atoms with Crippen LogP contribution >= 0.6 is 0 Å². The normalized spacial score (nSPS) is 17.1. The lowest BCUT2D eigenvalue weighted by Crippen LogP contribution is -2.30. The van der Waals surface area contributed by atoms with Crippen molar-refractivity contribution in [3.8, 4) is 16.9 Å². The second kappa shape index (κ2) is 4.39. The largest absolute Gasteiger partial charge is 0.508 e. The molecule has 80 valence electrons. The van der Waals surface area contributed by atoms with Crippen molar-refractivity contribution in [1.29, 1.82) is 0 Å². The molecule has 3 nitrogen and oxygen atoms in total. The van der Waals surface area contributed by atoms with Gasteiger partial charge in [-0.25, -0.2) is 0 Å². The zero-order valence-corrected chi connectivity index (χ0v) is 7.92. The minimum atomic E-state index is -2.34. The molecule has 3 N–H and O–H groups in total. The second-order valence-electron chi connectivity index (χ2n) is 2.89. The van der Waals surface area contributed by atoms with Crippen LogP contribution in [0.2, 0.25) is 0 Å². The lowest BCUT2D eigenvalue weighted by Gasteiger charge is -2.07. The van der Waals surface area contributed by atoms with Crippen molar-refractivity contribution < 1.29 is 26.1 Å². The molecule has 0 heterocycles. The molecule has 0 unspecified atom stereocenters. The van der Waals surface area contributed by atoms with Gasteiger partial charge in [-0.3, -0.25) is 0 Å². The quantitative estimate of drug-likeness (QED) is 0.656. The summed E-state index contributed by atoms with van der Waals surface area (Å²) in [4.78, 5) is 0. The summed E-state index contributed by atoms with van der Waals surface area (Å²) in [7, 11) is -2.34. The summed E-state index contributed by atoms with van der Waals surface area (Å²) in [6, 6.07) is -5.89. The number of hydrogen-bond donors (Lipinski definition) is 3. The number of hydrogen-bond acceptors (Lipinski definition) is 3. The summed E-state index contributed by atoms with van der Waals surface area (Å²) < 4.78 is 62.1. The molecule has 2 aromatic rings. The first kappa shape index (κ1) is 4.61. The maximum absolute atomic E-state index is 9.75. The predicted molar refractivity (Wildman–Crippen MR) is 63.4 cm³/mol. The Labute approximate surface area is 105 Å². The molecule has 2 aromatic carbocycles. The summed E-state index contributed by atoms with van der Waals surface area (Å²) in [6.07, 6.45) is 0. The van der Waals surface area contributed by atoms with Gasteiger partial charge in [-0.05, 0) is 17.2 Å². The standard InChI is InChI=1S/C12H11BO3/c14-12-7-6-10(8-11(12)13(15)16)9-4-2-1-3-5-9/h1-8,14-16H/i1D,2D,3D,4D,5D,6D,7D,8D. The first-order chi connectivity index (χ1) is 11.0. The van der Waals surface area contributed by atoms with Gasteiger partial charge in [-0.2, -0.15) is 0 Å². The molecule has 16 heavy (non-hydrogen) atoms. The molecule has 0 aliphatic heterocycles. The number of phenolic OH excluding ortho intramolecular Hbond substituents is 1. The fourth-order valence-corrected chi connectivity index (χ4v) is 1.10. The minimum absolute atomic E-state index is 0.522. The molecule has 0 aliphatic carbocycles. The Morgan fingerprint density at radius 2 is 1.62 bits per heavy atom. The van der Waals surface area contributed by atoms with Crippen molar-refractivity contribution >= 4 is 12.6 Å². The average molecular weight is 222 g/mol. The van der Waals surface area contributed by atoms with Crippen LogP contribution in [0.4, 0.5) is 0 Å². The summed E-state index contributed by atoms with van der Waals surface area (Å²) in [5, 5.41) is 28.3. The third-order valence-corrected chi connectivity index (χ3v) is 1.83. The molecule has 0 radical (unpaired) electrons. The molecule has 0 aliphatic rings. The highest BCUT2D eigenvalue weighted by Crippen LogP contribution is 2.20. The zero-order chi connectivity index (χ0) is 18.5. The van der Waals surface area contributed by atoms with Gasteiger partial charge >= 0.3 is 7.12 Å². The number of rotatable bonds is 2. The van der Waals surface area contributed by atoms with Crippen LogP contribution in [0.5, 0.6) is 5.75 Å². The highest BCUT2D eigenvalue weighted by Gasteiger charge is 2.16. The van der Waals surface area contributed by atoms with E-state index in [4.69, 9.17) is 11.0 Å². The van der Waals surface area contributed by atoms with Gasteiger partial charge in [0.05, 0.1) is 11.0 Å². The number of aromatic hydroxyl groups is 1. The van der Waals surface area contributed by atoms with Crippen LogP contribution in [0, 0.1) is 0 Å². The lowest BCUT2D eigenvalue weighted by molar-refractivity contribution is 0.419. The minimum Gasteiger partial charge on any atom is -0.508 e. The van der Waals surface area contributed by atoms with Crippen molar-refractivity contribution in [1.82, 2.24) is 0 Å². The van der Waals surface area contributed by atoms with E-state index in [1.165, 1.54) is 0 Å². The van der Waals surface area contributed by atoms with Crippen molar-refractivity contribution in [3.63, 3.8) is 0 Å². The van der Waals surface area contributed by atoms with Crippen molar-refractivity contribution in [3.05, 3.63) is 48.3 Å². The first-order valence-corrected chi connectivity index (χ1v) is 4.28. The summed E-state index contributed by atoms with van der Waals surface area (Å²) in [6.45, 7) is 0. The summed E-state index contributed by atoms with van der Waals surface area (Å²) >= 11 is 0. The van der Waals surface area contributed by atoms with Crippen LogP contribution in [0.3, 0.4) is 0 Å². The molecule has 4 heteroatoms. The van der Waals surface area contributed by atoms with Gasteiger partial charge in [0.15, 0.2) is 0 Å². The summed E-state index contributed by atoms with van der Waals surface area (Å²) in [5.74, 6) is -0.990. The first-order valence-electron chi connectivity index (χ1n) is 8.28. The van der Waals surface area contributed by atoms with Crippen LogP contribution in [0.1, 0.15) is 11.0 Å². The maximum Gasteiger partial charge on any atom is 0.492 e. The van der Waals surface area contributed by atoms with Crippen molar-refractivity contribution in [2.24, 2.45) is 0 Å². The van der Waals surface area contributed by atoms with E-state index in [0.717, 1.165) is 0 Å². The van der Waals surface area contributed by atoms with Gasteiger partial charge in [0.1, 0.15) is 5.75 Å². The SMILES string of the molecule is [2H]c1c([2H])c([2H])c(-c2c([2H])c([2H])c(O)c(B(O)O)c2[2H])c([2H])c1[2H]. The molecule has 0 fully saturated rings. The molecule has 0 bridgehead atoms. The van der Waals surface area contributed by atoms with Gasteiger partial charge in [-0.1, -0.05) is 42.3 Å². The van der Waals surface area contributed by atoms with Gasteiger partial charge in [0, 0.05) is 5.46 Å². The Morgan fingerprint density at radius 3 is 2.25 bits per heavy atom. The molecule has 0 aromatic heterocycles. The van der Waals surface area contributed by atoms with Crippen LogP contribution in [0.25, 0.3) is 11.1 Å². The fourth-order valence-electron chi connectivity index (χ4n) is 1.10. The molecule has 2 rings (SSSR count). The highest BCUT2D eigenvalue weighted by molar-refractivity contribution is 6.59. The van der Waals surface area contributed by atoms with Gasteiger partial charge < -0.3 is 15.2 Å². The van der Waals surface area contributed by atoms with Crippen LogP contribution < -0.4 is 5.46 Å². The molecule has 0 saturated heterocycles. The van der Waals surface area contributed by atoms with Crippen LogP contribution in [-0.2, 0) is 0 Å². The third-order valence-electron chi connectivity index (χ3n) is 1.83. The van der Waals surface area contributed by atoms with E-state index >= 15 is 0 Å². The van der Waals surface area contributed by atoms with E-state index < -0.39 is 77.8 Å². The summed E-state index contributed by atoms with van der Waals surface area (Å²) in [5.41, 5.74) is -1.86. The van der Waals surface area contributed by atoms with E-state index in [0.29, 0.717) is 0 Å². The second-order valence-corrected chi connectivity index (χ2v) is 2.89. The van der Waals surface area contributed by atoms with E-state index in [1.807, 2.05) is 0 Å². The van der Waals surface area contributed by atoms with Crippen molar-refractivity contribution in [2.45, 2.75) is 0 Å². The van der Waals surface area contributed by atoms with E-state index in [1.54, 1.807) is 0 Å². The smallest absolute Gasteiger partial charge is 0.492 e. The maximum atomic E-state index is 9.75. The van der Waals surface area contributed by atoms with E-state index in [2.05, 4.69) is 0 Å². The number of benzene rings is 2. The van der Waals surface area contributed by atoms with Gasteiger partial charge in [0.2, 0.25) is 0 Å². The molecular weight excluding hydrogens is 203 g/mol. The monoisotopic (exact) mass is 222 g/mol. The zero-order valence-electron chi connectivity index (χ0n) is 15.9. The third kappa shape index (κ3) is 2.08.